The average molecular weight is 286 g/mol. The molecule has 1 fully saturated rings. The minimum absolute atomic E-state index is 0.0334. The normalized spacial score (nSPS) is 21.0. The third-order valence-electron chi connectivity index (χ3n) is 4.54. The van der Waals surface area contributed by atoms with Crippen molar-refractivity contribution in [1.82, 2.24) is 10.2 Å². The Morgan fingerprint density at radius 1 is 1.33 bits per heavy atom. The van der Waals surface area contributed by atoms with Crippen molar-refractivity contribution in [3.8, 4) is 0 Å². The molecule has 0 aliphatic carbocycles. The summed E-state index contributed by atoms with van der Waals surface area (Å²) in [7, 11) is 2.08. The molecule has 1 aromatic rings. The van der Waals surface area contributed by atoms with Crippen molar-refractivity contribution in [1.29, 1.82) is 0 Å². The molecule has 0 saturated carbocycles. The molecule has 0 unspecified atom stereocenters. The summed E-state index contributed by atoms with van der Waals surface area (Å²) in [5.41, 5.74) is 10.1. The van der Waals surface area contributed by atoms with Crippen LogP contribution in [0.4, 0.5) is 11.4 Å². The number of allylic oxidation sites excluding steroid dienone is 1. The molecule has 2 heterocycles. The first-order valence-corrected chi connectivity index (χ1v) is 7.43. The predicted molar refractivity (Wildman–Crippen MR) is 85.7 cm³/mol. The summed E-state index contributed by atoms with van der Waals surface area (Å²) in [4.78, 5) is 14.6. The third kappa shape index (κ3) is 2.49. The van der Waals surface area contributed by atoms with Crippen LogP contribution in [0.1, 0.15) is 25.3 Å². The van der Waals surface area contributed by atoms with Crippen molar-refractivity contribution in [2.45, 2.75) is 25.8 Å². The molecule has 3 rings (SSSR count). The number of rotatable bonds is 2. The molecule has 4 N–H and O–H groups in total. The van der Waals surface area contributed by atoms with E-state index in [1.54, 1.807) is 0 Å². The average Bonchev–Trinajstić information content (AvgIpc) is 2.82. The number of nitrogens with two attached hydrogens (primary N) is 1. The van der Waals surface area contributed by atoms with Crippen LogP contribution in [0.3, 0.4) is 0 Å². The van der Waals surface area contributed by atoms with E-state index in [0.717, 1.165) is 48.5 Å². The van der Waals surface area contributed by atoms with Crippen LogP contribution in [-0.2, 0) is 4.79 Å². The van der Waals surface area contributed by atoms with Crippen molar-refractivity contribution < 1.29 is 4.79 Å². The molecule has 5 nitrogen and oxygen atoms in total. The lowest BCUT2D eigenvalue weighted by atomic mass is 10.0. The number of nitrogens with one attached hydrogen (secondary N) is 2. The first-order valence-electron chi connectivity index (χ1n) is 7.43. The number of fused-ring (bicyclic) bond motifs is 1. The lowest BCUT2D eigenvalue weighted by Crippen LogP contribution is -2.40. The zero-order chi connectivity index (χ0) is 15.0. The minimum Gasteiger partial charge on any atom is -0.399 e. The van der Waals surface area contributed by atoms with Crippen molar-refractivity contribution in [3.05, 3.63) is 29.5 Å². The van der Waals surface area contributed by atoms with Gasteiger partial charge in [-0.2, -0.15) is 0 Å². The summed E-state index contributed by atoms with van der Waals surface area (Å²) in [5, 5.41) is 6.29. The standard InChI is InChI=1S/C16H22N4O/c1-10(20(2)12-5-7-18-8-6-12)15-13-9-11(17)3-4-14(13)19-16(15)21/h3-4,9,12,18H,5-8,17H2,1-2H3,(H,19,21)/b15-10-. The largest absolute Gasteiger partial charge is 0.399 e. The van der Waals surface area contributed by atoms with Crippen LogP contribution in [0.25, 0.3) is 5.57 Å². The van der Waals surface area contributed by atoms with Crippen molar-refractivity contribution in [2.75, 3.05) is 31.2 Å². The molecule has 1 aromatic carbocycles. The van der Waals surface area contributed by atoms with E-state index in [1.807, 2.05) is 25.1 Å². The number of anilines is 2. The third-order valence-corrected chi connectivity index (χ3v) is 4.54. The summed E-state index contributed by atoms with van der Waals surface area (Å²) < 4.78 is 0. The molecule has 112 valence electrons. The lowest BCUT2D eigenvalue weighted by Gasteiger charge is -2.34. The SMILES string of the molecule is C/C(=C1/C(=O)Nc2ccc(N)cc21)N(C)C1CCNCC1. The first-order chi connectivity index (χ1) is 10.1. The van der Waals surface area contributed by atoms with Crippen LogP contribution >= 0.6 is 0 Å². The van der Waals surface area contributed by atoms with Gasteiger partial charge in [0.1, 0.15) is 0 Å². The zero-order valence-corrected chi connectivity index (χ0v) is 12.6. The highest BCUT2D eigenvalue weighted by Crippen LogP contribution is 2.36. The lowest BCUT2D eigenvalue weighted by molar-refractivity contribution is -0.110. The van der Waals surface area contributed by atoms with Gasteiger partial charge in [0.05, 0.1) is 5.57 Å². The van der Waals surface area contributed by atoms with Gasteiger partial charge in [0, 0.05) is 35.7 Å². The highest BCUT2D eigenvalue weighted by atomic mass is 16.2. The highest BCUT2D eigenvalue weighted by molar-refractivity contribution is 6.32. The van der Waals surface area contributed by atoms with E-state index in [1.165, 1.54) is 0 Å². The Kier molecular flexibility index (Phi) is 3.59. The van der Waals surface area contributed by atoms with E-state index in [-0.39, 0.29) is 5.91 Å². The Morgan fingerprint density at radius 2 is 2.05 bits per heavy atom. The Bertz CT molecular complexity index is 602. The fourth-order valence-corrected chi connectivity index (χ4v) is 3.19. The van der Waals surface area contributed by atoms with Gasteiger partial charge < -0.3 is 21.3 Å². The summed E-state index contributed by atoms with van der Waals surface area (Å²) in [6.07, 6.45) is 2.21. The number of piperidine rings is 1. The highest BCUT2D eigenvalue weighted by Gasteiger charge is 2.29. The van der Waals surface area contributed by atoms with Crippen LogP contribution in [0.2, 0.25) is 0 Å². The number of carbonyl (C=O) groups excluding carboxylic acids is 1. The van der Waals surface area contributed by atoms with Gasteiger partial charge in [-0.25, -0.2) is 0 Å². The molecule has 2 aliphatic heterocycles. The van der Waals surface area contributed by atoms with Crippen molar-refractivity contribution in [2.24, 2.45) is 0 Å². The van der Waals surface area contributed by atoms with Crippen molar-refractivity contribution >= 4 is 22.9 Å². The number of nitrogen functional groups attached to an aromatic ring is 1. The van der Waals surface area contributed by atoms with Crippen LogP contribution in [0.5, 0.6) is 0 Å². The summed E-state index contributed by atoms with van der Waals surface area (Å²) in [5.74, 6) is -0.0334. The summed E-state index contributed by atoms with van der Waals surface area (Å²) in [6.45, 7) is 4.09. The molecule has 0 spiro atoms. The molecular weight excluding hydrogens is 264 g/mol. The Hall–Kier alpha value is -2.01. The van der Waals surface area contributed by atoms with E-state index in [4.69, 9.17) is 5.73 Å². The van der Waals surface area contributed by atoms with Gasteiger partial charge in [0.15, 0.2) is 0 Å². The molecular formula is C16H22N4O. The van der Waals surface area contributed by atoms with Gasteiger partial charge in [-0.3, -0.25) is 4.79 Å². The maximum atomic E-state index is 12.3. The van der Waals surface area contributed by atoms with Gasteiger partial charge in [0.25, 0.3) is 5.91 Å². The Morgan fingerprint density at radius 3 is 2.76 bits per heavy atom. The number of carbonyl (C=O) groups is 1. The maximum absolute atomic E-state index is 12.3. The molecule has 1 amide bonds. The topological polar surface area (TPSA) is 70.4 Å². The van der Waals surface area contributed by atoms with E-state index < -0.39 is 0 Å². The first kappa shape index (κ1) is 13.9. The molecule has 0 radical (unpaired) electrons. The van der Waals surface area contributed by atoms with Crippen LogP contribution in [0, 0.1) is 0 Å². The zero-order valence-electron chi connectivity index (χ0n) is 12.6. The van der Waals surface area contributed by atoms with E-state index >= 15 is 0 Å². The Balaban J connectivity index is 1.97. The van der Waals surface area contributed by atoms with Gasteiger partial charge in [-0.1, -0.05) is 0 Å². The second kappa shape index (κ2) is 5.41. The maximum Gasteiger partial charge on any atom is 0.258 e. The molecule has 0 bridgehead atoms. The van der Waals surface area contributed by atoms with E-state index in [0.29, 0.717) is 11.7 Å². The molecule has 5 heteroatoms. The number of hydrogen-bond donors (Lipinski definition) is 3. The predicted octanol–water partition coefficient (Wildman–Crippen LogP) is 1.64. The fraction of sp³-hybridized carbons (Fsp3) is 0.438. The molecule has 2 aliphatic rings. The van der Waals surface area contributed by atoms with Crippen LogP contribution < -0.4 is 16.4 Å². The number of benzene rings is 1. The van der Waals surface area contributed by atoms with Gasteiger partial charge >= 0.3 is 0 Å². The molecule has 1 saturated heterocycles. The molecule has 0 atom stereocenters. The number of amides is 1. The summed E-state index contributed by atoms with van der Waals surface area (Å²) in [6, 6.07) is 6.04. The van der Waals surface area contributed by atoms with Crippen LogP contribution in [-0.4, -0.2) is 37.0 Å². The fourth-order valence-electron chi connectivity index (χ4n) is 3.19. The quantitative estimate of drug-likeness (QED) is 0.571. The second-order valence-electron chi connectivity index (χ2n) is 5.81. The minimum atomic E-state index is -0.0334. The smallest absolute Gasteiger partial charge is 0.258 e. The summed E-state index contributed by atoms with van der Waals surface area (Å²) >= 11 is 0. The Labute approximate surface area is 125 Å². The number of hydrogen-bond acceptors (Lipinski definition) is 4. The van der Waals surface area contributed by atoms with E-state index in [2.05, 4.69) is 22.6 Å². The van der Waals surface area contributed by atoms with Crippen LogP contribution in [0.15, 0.2) is 23.9 Å². The number of nitrogens with zero attached hydrogens (tertiary/aromatic N) is 1. The van der Waals surface area contributed by atoms with E-state index in [9.17, 15) is 4.79 Å². The molecule has 0 aromatic heterocycles. The van der Waals surface area contributed by atoms with Gasteiger partial charge in [-0.15, -0.1) is 0 Å². The molecule has 21 heavy (non-hydrogen) atoms. The monoisotopic (exact) mass is 286 g/mol. The van der Waals surface area contributed by atoms with Gasteiger partial charge in [-0.05, 0) is 51.1 Å². The van der Waals surface area contributed by atoms with Crippen molar-refractivity contribution in [3.63, 3.8) is 0 Å². The second-order valence-corrected chi connectivity index (χ2v) is 5.81. The van der Waals surface area contributed by atoms with Gasteiger partial charge in [0.2, 0.25) is 0 Å².